The first-order valence-electron chi connectivity index (χ1n) is 2.42. The number of hydrogen-bond acceptors (Lipinski definition) is 2. The van der Waals surface area contributed by atoms with Crippen molar-refractivity contribution in [2.75, 3.05) is 14.1 Å². The summed E-state index contributed by atoms with van der Waals surface area (Å²) < 4.78 is 4.88. The molecule has 0 amide bonds. The summed E-state index contributed by atoms with van der Waals surface area (Å²) >= 11 is 0. The quantitative estimate of drug-likeness (QED) is 0.376. The van der Waals surface area contributed by atoms with Crippen LogP contribution in [-0.2, 0) is 0 Å². The molecule has 0 rings (SSSR count). The maximum Gasteiger partial charge on any atom is 0.158 e. The SMILES string of the molecule is CN(C)[SiH2]N([SiH3])[SiH3]. The highest BCUT2D eigenvalue weighted by Gasteiger charge is 1.89. The lowest BCUT2D eigenvalue weighted by molar-refractivity contribution is 0.637. The molecule has 0 unspecified atom stereocenters. The minimum Gasteiger partial charge on any atom is -0.376 e. The third kappa shape index (κ3) is 6.57. The summed E-state index contributed by atoms with van der Waals surface area (Å²) in [6.07, 6.45) is 0. The molecule has 0 aromatic heterocycles. The third-order valence-electron chi connectivity index (χ3n) is 0.566. The minimum atomic E-state index is 0.0710. The maximum absolute atomic E-state index is 2.54. The fourth-order valence-corrected chi connectivity index (χ4v) is 5.09. The van der Waals surface area contributed by atoms with Gasteiger partial charge in [0.1, 0.15) is 0 Å². The lowest BCUT2D eigenvalue weighted by Gasteiger charge is -2.14. The Hall–Kier alpha value is 0.571. The molecule has 0 aliphatic heterocycles. The second kappa shape index (κ2) is 3.56. The van der Waals surface area contributed by atoms with Gasteiger partial charge in [0.15, 0.2) is 9.84 Å². The summed E-state index contributed by atoms with van der Waals surface area (Å²) in [7, 11) is 6.96. The summed E-state index contributed by atoms with van der Waals surface area (Å²) in [4.78, 5) is 0. The van der Waals surface area contributed by atoms with Crippen LogP contribution in [0.15, 0.2) is 0 Å². The minimum absolute atomic E-state index is 0.0710. The third-order valence-corrected chi connectivity index (χ3v) is 3.39. The van der Waals surface area contributed by atoms with Crippen molar-refractivity contribution in [2.45, 2.75) is 0 Å². The molecule has 0 saturated carbocycles. The first-order valence-corrected chi connectivity index (χ1v) is 5.48. The van der Waals surface area contributed by atoms with Crippen LogP contribution < -0.4 is 0 Å². The molecule has 0 bridgehead atoms. The van der Waals surface area contributed by atoms with Gasteiger partial charge in [0.2, 0.25) is 0 Å². The molecule has 2 nitrogen and oxygen atoms in total. The molecular formula is C2H14N2Si3. The largest absolute Gasteiger partial charge is 0.376 e. The van der Waals surface area contributed by atoms with E-state index in [-0.39, 0.29) is 9.84 Å². The fourth-order valence-electron chi connectivity index (χ4n) is 0.566. The molecule has 0 aliphatic carbocycles. The smallest absolute Gasteiger partial charge is 0.158 e. The van der Waals surface area contributed by atoms with Gasteiger partial charge in [-0.15, -0.1) is 0 Å². The zero-order chi connectivity index (χ0) is 5.86. The van der Waals surface area contributed by atoms with Gasteiger partial charge in [0.05, 0.1) is 20.8 Å². The van der Waals surface area contributed by atoms with Gasteiger partial charge in [-0.3, -0.25) is 0 Å². The van der Waals surface area contributed by atoms with Gasteiger partial charge < -0.3 is 8.46 Å². The van der Waals surface area contributed by atoms with Crippen molar-refractivity contribution >= 4 is 30.7 Å². The first kappa shape index (κ1) is 7.57. The van der Waals surface area contributed by atoms with E-state index in [1.54, 1.807) is 0 Å². The average molecular weight is 150 g/mol. The van der Waals surface area contributed by atoms with Gasteiger partial charge in [-0.25, -0.2) is 0 Å². The Bertz CT molecular complexity index is 40.2. The molecule has 0 fully saturated rings. The molecule has 0 saturated heterocycles. The summed E-state index contributed by atoms with van der Waals surface area (Å²) in [6, 6.07) is 0. The van der Waals surface area contributed by atoms with Crippen LogP contribution in [0.5, 0.6) is 0 Å². The molecule has 7 heavy (non-hydrogen) atoms. The zero-order valence-electron chi connectivity index (χ0n) is 5.60. The fraction of sp³-hybridized carbons (Fsp3) is 1.00. The number of hydrogen-bond donors (Lipinski definition) is 0. The van der Waals surface area contributed by atoms with E-state index in [0.717, 1.165) is 0 Å². The highest BCUT2D eigenvalue weighted by atomic mass is 28.3. The summed E-state index contributed by atoms with van der Waals surface area (Å²) in [5.74, 6) is 0. The highest BCUT2D eigenvalue weighted by molar-refractivity contribution is 6.50. The van der Waals surface area contributed by atoms with Crippen LogP contribution in [0.1, 0.15) is 0 Å². The van der Waals surface area contributed by atoms with Crippen molar-refractivity contribution in [3.05, 3.63) is 0 Å². The van der Waals surface area contributed by atoms with Crippen LogP contribution in [0.4, 0.5) is 0 Å². The molecular weight excluding hydrogens is 136 g/mol. The van der Waals surface area contributed by atoms with E-state index in [4.69, 9.17) is 0 Å². The monoisotopic (exact) mass is 150 g/mol. The van der Waals surface area contributed by atoms with Crippen LogP contribution in [0.2, 0.25) is 0 Å². The van der Waals surface area contributed by atoms with Crippen LogP contribution in [0.25, 0.3) is 0 Å². The van der Waals surface area contributed by atoms with Gasteiger partial charge in [-0.05, 0) is 14.1 Å². The van der Waals surface area contributed by atoms with Crippen molar-refractivity contribution in [1.29, 1.82) is 0 Å². The molecule has 0 aromatic rings. The lowest BCUT2D eigenvalue weighted by Crippen LogP contribution is -2.33. The summed E-state index contributed by atoms with van der Waals surface area (Å²) in [5, 5.41) is 0. The average Bonchev–Trinajstić information content (AvgIpc) is 1.27. The van der Waals surface area contributed by atoms with Crippen LogP contribution in [0.3, 0.4) is 0 Å². The molecule has 0 heterocycles. The number of rotatable bonds is 2. The van der Waals surface area contributed by atoms with E-state index in [2.05, 4.69) is 22.6 Å². The van der Waals surface area contributed by atoms with Crippen LogP contribution in [-0.4, -0.2) is 53.2 Å². The normalized spacial score (nSPS) is 13.7. The Morgan fingerprint density at radius 1 is 1.29 bits per heavy atom. The Morgan fingerprint density at radius 3 is 1.71 bits per heavy atom. The summed E-state index contributed by atoms with van der Waals surface area (Å²) in [5.41, 5.74) is 0. The molecule has 44 valence electrons. The van der Waals surface area contributed by atoms with Crippen LogP contribution in [0, 0.1) is 0 Å². The van der Waals surface area contributed by atoms with Gasteiger partial charge in [0.25, 0.3) is 0 Å². The Balaban J connectivity index is 2.95. The molecule has 0 radical (unpaired) electrons. The van der Waals surface area contributed by atoms with Crippen molar-refractivity contribution in [1.82, 2.24) is 8.46 Å². The topological polar surface area (TPSA) is 6.48 Å². The van der Waals surface area contributed by atoms with Crippen molar-refractivity contribution in [3.63, 3.8) is 0 Å². The summed E-state index contributed by atoms with van der Waals surface area (Å²) in [6.45, 7) is 0. The van der Waals surface area contributed by atoms with E-state index >= 15 is 0 Å². The second-order valence-electron chi connectivity index (χ2n) is 2.30. The highest BCUT2D eigenvalue weighted by Crippen LogP contribution is 1.68. The zero-order valence-corrected chi connectivity index (χ0v) is 11.0. The lowest BCUT2D eigenvalue weighted by atomic mass is 11.3. The molecule has 0 spiro atoms. The van der Waals surface area contributed by atoms with E-state index < -0.39 is 0 Å². The van der Waals surface area contributed by atoms with E-state index in [1.807, 2.05) is 0 Å². The van der Waals surface area contributed by atoms with Gasteiger partial charge in [-0.2, -0.15) is 0 Å². The van der Waals surface area contributed by atoms with E-state index in [9.17, 15) is 0 Å². The van der Waals surface area contributed by atoms with E-state index in [0.29, 0.717) is 0 Å². The Morgan fingerprint density at radius 2 is 1.71 bits per heavy atom. The van der Waals surface area contributed by atoms with Crippen LogP contribution >= 0.6 is 0 Å². The Labute approximate surface area is 53.9 Å². The maximum atomic E-state index is 2.54. The molecule has 0 N–H and O–H groups in total. The molecule has 0 aromatic carbocycles. The van der Waals surface area contributed by atoms with Crippen molar-refractivity contribution in [3.8, 4) is 0 Å². The predicted octanol–water partition coefficient (Wildman–Crippen LogP) is -3.59. The van der Waals surface area contributed by atoms with Gasteiger partial charge in [-0.1, -0.05) is 0 Å². The molecule has 0 aliphatic rings. The van der Waals surface area contributed by atoms with E-state index in [1.165, 1.54) is 20.8 Å². The Kier molecular flexibility index (Phi) is 3.85. The van der Waals surface area contributed by atoms with Crippen molar-refractivity contribution in [2.24, 2.45) is 0 Å². The standard InChI is InChI=1S/C2H14N2Si3/c1-3(2)7-4(5)6/h7H2,1-2,5-6H3. The van der Waals surface area contributed by atoms with Crippen molar-refractivity contribution < 1.29 is 0 Å². The molecule has 5 heteroatoms. The van der Waals surface area contributed by atoms with Gasteiger partial charge >= 0.3 is 0 Å². The second-order valence-corrected chi connectivity index (χ2v) is 12.5. The molecule has 0 atom stereocenters. The predicted molar refractivity (Wildman–Crippen MR) is 43.9 cm³/mol. The first-order chi connectivity index (χ1) is 3.13. The van der Waals surface area contributed by atoms with Gasteiger partial charge in [0, 0.05) is 0 Å². The number of nitrogens with zero attached hydrogens (tertiary/aromatic N) is 2.